The van der Waals surface area contributed by atoms with E-state index in [9.17, 15) is 26.3 Å². The Hall–Kier alpha value is -1.31. The molecule has 1 aromatic rings. The highest BCUT2D eigenvalue weighted by atomic mass is 19.4. The SMILES string of the molecule is CNC(CC(F)(F)F)c1cnccc1C(F)(F)F. The summed E-state index contributed by atoms with van der Waals surface area (Å²) >= 11 is 0. The van der Waals surface area contributed by atoms with Crippen molar-refractivity contribution >= 4 is 0 Å². The van der Waals surface area contributed by atoms with Gasteiger partial charge < -0.3 is 5.32 Å². The maximum Gasteiger partial charge on any atom is 0.416 e. The second-order valence-corrected chi connectivity index (χ2v) is 3.62. The van der Waals surface area contributed by atoms with Crippen LogP contribution in [0.2, 0.25) is 0 Å². The molecule has 102 valence electrons. The number of hydrogen-bond donors (Lipinski definition) is 1. The fourth-order valence-corrected chi connectivity index (χ4v) is 1.54. The summed E-state index contributed by atoms with van der Waals surface area (Å²) in [6, 6.07) is -0.814. The van der Waals surface area contributed by atoms with Crippen molar-refractivity contribution < 1.29 is 26.3 Å². The third-order valence-corrected chi connectivity index (χ3v) is 2.32. The lowest BCUT2D eigenvalue weighted by molar-refractivity contribution is -0.146. The Bertz CT molecular complexity index is 398. The van der Waals surface area contributed by atoms with E-state index in [1.54, 1.807) is 0 Å². The Morgan fingerprint density at radius 1 is 1.22 bits per heavy atom. The Labute approximate surface area is 99.0 Å². The maximum absolute atomic E-state index is 12.6. The van der Waals surface area contributed by atoms with E-state index < -0.39 is 35.9 Å². The zero-order valence-corrected chi connectivity index (χ0v) is 9.23. The predicted molar refractivity (Wildman–Crippen MR) is 51.7 cm³/mol. The average Bonchev–Trinajstić information content (AvgIpc) is 2.23. The molecule has 8 heteroatoms. The smallest absolute Gasteiger partial charge is 0.313 e. The molecule has 0 fully saturated rings. The summed E-state index contributed by atoms with van der Waals surface area (Å²) in [6.45, 7) is 0. The number of aromatic nitrogens is 1. The van der Waals surface area contributed by atoms with Gasteiger partial charge in [0, 0.05) is 18.4 Å². The molecular formula is C10H10F6N2. The van der Waals surface area contributed by atoms with E-state index in [0.717, 1.165) is 12.4 Å². The average molecular weight is 272 g/mol. The molecule has 0 aliphatic heterocycles. The van der Waals surface area contributed by atoms with Crippen LogP contribution in [0.5, 0.6) is 0 Å². The Kier molecular flexibility index (Phi) is 4.20. The zero-order chi connectivity index (χ0) is 14.0. The zero-order valence-electron chi connectivity index (χ0n) is 9.23. The second kappa shape index (κ2) is 5.13. The number of rotatable bonds is 3. The van der Waals surface area contributed by atoms with Crippen molar-refractivity contribution in [1.29, 1.82) is 0 Å². The van der Waals surface area contributed by atoms with E-state index >= 15 is 0 Å². The first kappa shape index (κ1) is 14.7. The molecule has 2 nitrogen and oxygen atoms in total. The minimum absolute atomic E-state index is 0.509. The fraction of sp³-hybridized carbons (Fsp3) is 0.500. The molecule has 0 bridgehead atoms. The molecular weight excluding hydrogens is 262 g/mol. The van der Waals surface area contributed by atoms with Crippen LogP contribution in [-0.4, -0.2) is 18.2 Å². The summed E-state index contributed by atoms with van der Waals surface area (Å²) in [5.74, 6) is 0. The molecule has 0 saturated heterocycles. The van der Waals surface area contributed by atoms with Crippen molar-refractivity contribution in [2.75, 3.05) is 7.05 Å². The molecule has 1 N–H and O–H groups in total. The van der Waals surface area contributed by atoms with Gasteiger partial charge in [-0.3, -0.25) is 4.98 Å². The van der Waals surface area contributed by atoms with Gasteiger partial charge in [0.25, 0.3) is 0 Å². The summed E-state index contributed by atoms with van der Waals surface area (Å²) < 4.78 is 74.7. The minimum Gasteiger partial charge on any atom is -0.313 e. The first-order chi connectivity index (χ1) is 8.15. The molecule has 1 heterocycles. The monoisotopic (exact) mass is 272 g/mol. The maximum atomic E-state index is 12.6. The van der Waals surface area contributed by atoms with Crippen LogP contribution in [0, 0.1) is 0 Å². The van der Waals surface area contributed by atoms with Gasteiger partial charge in [-0.05, 0) is 18.7 Å². The van der Waals surface area contributed by atoms with Crippen LogP contribution in [0.15, 0.2) is 18.5 Å². The van der Waals surface area contributed by atoms with E-state index in [1.807, 2.05) is 0 Å². The van der Waals surface area contributed by atoms with Crippen LogP contribution < -0.4 is 5.32 Å². The first-order valence-corrected chi connectivity index (χ1v) is 4.90. The van der Waals surface area contributed by atoms with Gasteiger partial charge in [0.2, 0.25) is 0 Å². The first-order valence-electron chi connectivity index (χ1n) is 4.90. The van der Waals surface area contributed by atoms with Crippen LogP contribution >= 0.6 is 0 Å². The highest BCUT2D eigenvalue weighted by molar-refractivity contribution is 5.29. The number of nitrogens with one attached hydrogen (secondary N) is 1. The summed E-state index contributed by atoms with van der Waals surface area (Å²) in [5.41, 5.74) is -1.62. The van der Waals surface area contributed by atoms with Crippen LogP contribution in [0.25, 0.3) is 0 Å². The molecule has 1 atom stereocenters. The van der Waals surface area contributed by atoms with Gasteiger partial charge >= 0.3 is 12.4 Å². The van der Waals surface area contributed by atoms with Gasteiger partial charge in [-0.25, -0.2) is 0 Å². The van der Waals surface area contributed by atoms with E-state index in [2.05, 4.69) is 10.3 Å². The number of pyridine rings is 1. The van der Waals surface area contributed by atoms with Crippen molar-refractivity contribution in [3.63, 3.8) is 0 Å². The summed E-state index contributed by atoms with van der Waals surface area (Å²) in [6.07, 6.45) is -8.97. The normalized spacial score (nSPS) is 14.6. The van der Waals surface area contributed by atoms with E-state index in [1.165, 1.54) is 7.05 Å². The standard InChI is InChI=1S/C10H10F6N2/c1-17-8(4-9(11,12)13)6-5-18-3-2-7(6)10(14,15)16/h2-3,5,8,17H,4H2,1H3. The largest absolute Gasteiger partial charge is 0.416 e. The highest BCUT2D eigenvalue weighted by Gasteiger charge is 2.38. The van der Waals surface area contributed by atoms with Crippen molar-refractivity contribution in [3.05, 3.63) is 29.6 Å². The minimum atomic E-state index is -4.71. The number of alkyl halides is 6. The molecule has 0 spiro atoms. The Balaban J connectivity index is 3.14. The van der Waals surface area contributed by atoms with Gasteiger partial charge in [-0.15, -0.1) is 0 Å². The van der Waals surface area contributed by atoms with Crippen molar-refractivity contribution in [3.8, 4) is 0 Å². The van der Waals surface area contributed by atoms with Gasteiger partial charge in [0.1, 0.15) is 0 Å². The van der Waals surface area contributed by atoms with E-state index in [-0.39, 0.29) is 0 Å². The Morgan fingerprint density at radius 3 is 2.28 bits per heavy atom. The predicted octanol–water partition coefficient (Wildman–Crippen LogP) is 3.31. The Morgan fingerprint density at radius 2 is 1.83 bits per heavy atom. The molecule has 0 radical (unpaired) electrons. The number of halogens is 6. The third kappa shape index (κ3) is 3.86. The molecule has 0 amide bonds. The summed E-state index contributed by atoms with van der Waals surface area (Å²) in [4.78, 5) is 3.45. The van der Waals surface area contributed by atoms with Gasteiger partial charge in [-0.2, -0.15) is 26.3 Å². The number of hydrogen-bond acceptors (Lipinski definition) is 2. The van der Waals surface area contributed by atoms with Gasteiger partial charge in [0.15, 0.2) is 0 Å². The lowest BCUT2D eigenvalue weighted by Gasteiger charge is -2.21. The third-order valence-electron chi connectivity index (χ3n) is 2.32. The fourth-order valence-electron chi connectivity index (χ4n) is 1.54. The molecule has 0 aromatic carbocycles. The van der Waals surface area contributed by atoms with Gasteiger partial charge in [-0.1, -0.05) is 0 Å². The summed E-state index contributed by atoms with van der Waals surface area (Å²) in [7, 11) is 1.17. The van der Waals surface area contributed by atoms with Crippen LogP contribution in [0.1, 0.15) is 23.6 Å². The molecule has 0 aliphatic carbocycles. The molecule has 0 aliphatic rings. The van der Waals surface area contributed by atoms with Crippen molar-refractivity contribution in [1.82, 2.24) is 10.3 Å². The lowest BCUT2D eigenvalue weighted by atomic mass is 10.00. The highest BCUT2D eigenvalue weighted by Crippen LogP contribution is 2.37. The molecule has 0 saturated carbocycles. The molecule has 1 unspecified atom stereocenters. The van der Waals surface area contributed by atoms with E-state index in [0.29, 0.717) is 6.07 Å². The number of nitrogens with zero attached hydrogens (tertiary/aromatic N) is 1. The van der Waals surface area contributed by atoms with Crippen LogP contribution in [0.3, 0.4) is 0 Å². The molecule has 1 rings (SSSR count). The van der Waals surface area contributed by atoms with Gasteiger partial charge in [0.05, 0.1) is 12.0 Å². The van der Waals surface area contributed by atoms with Crippen LogP contribution in [-0.2, 0) is 6.18 Å². The summed E-state index contributed by atoms with van der Waals surface area (Å²) in [5, 5.41) is 2.23. The molecule has 18 heavy (non-hydrogen) atoms. The van der Waals surface area contributed by atoms with Crippen LogP contribution in [0.4, 0.5) is 26.3 Å². The van der Waals surface area contributed by atoms with Crippen molar-refractivity contribution in [2.45, 2.75) is 24.8 Å². The molecule has 1 aromatic heterocycles. The van der Waals surface area contributed by atoms with Crippen molar-refractivity contribution in [2.24, 2.45) is 0 Å². The second-order valence-electron chi connectivity index (χ2n) is 3.62. The lowest BCUT2D eigenvalue weighted by Crippen LogP contribution is -2.26. The quantitative estimate of drug-likeness (QED) is 0.854. The van der Waals surface area contributed by atoms with E-state index in [4.69, 9.17) is 0 Å². The topological polar surface area (TPSA) is 24.9 Å².